The molecule has 2 heterocycles. The van der Waals surface area contributed by atoms with Crippen molar-refractivity contribution in [2.45, 2.75) is 65.0 Å². The second-order valence-corrected chi connectivity index (χ2v) is 10.0. The highest BCUT2D eigenvalue weighted by Crippen LogP contribution is 2.27. The number of aliphatic imine (C=N–C) groups is 1. The number of rotatable bonds is 6. The highest BCUT2D eigenvalue weighted by atomic mass is 19.2. The van der Waals surface area contributed by atoms with Crippen LogP contribution >= 0.6 is 0 Å². The third kappa shape index (κ3) is 5.74. The zero-order valence-corrected chi connectivity index (χ0v) is 19.6. The number of amides is 2. The number of carbonyl (C=O) groups is 2. The number of amidine groups is 1. The largest absolute Gasteiger partial charge is 0.336 e. The maximum absolute atomic E-state index is 13.8. The van der Waals surface area contributed by atoms with Crippen LogP contribution in [0.25, 0.3) is 0 Å². The molecule has 0 unspecified atom stereocenters. The lowest BCUT2D eigenvalue weighted by Crippen LogP contribution is -2.56. The van der Waals surface area contributed by atoms with Gasteiger partial charge in [0.15, 0.2) is 11.6 Å². The summed E-state index contributed by atoms with van der Waals surface area (Å²) in [6, 6.07) is 3.11. The first-order valence-electron chi connectivity index (χ1n) is 11.3. The Labute approximate surface area is 193 Å². The second kappa shape index (κ2) is 9.56. The van der Waals surface area contributed by atoms with Gasteiger partial charge in [0.1, 0.15) is 17.4 Å². The number of likely N-dealkylation sites (tertiary alicyclic amines) is 1. The van der Waals surface area contributed by atoms with Crippen molar-refractivity contribution in [3.8, 4) is 6.07 Å². The number of nitrogens with zero attached hydrogens (tertiary/aromatic N) is 3. The van der Waals surface area contributed by atoms with Crippen LogP contribution in [0.15, 0.2) is 17.1 Å². The van der Waals surface area contributed by atoms with Gasteiger partial charge in [0.25, 0.3) is 5.91 Å². The van der Waals surface area contributed by atoms with Gasteiger partial charge in [0, 0.05) is 18.7 Å². The van der Waals surface area contributed by atoms with Crippen LogP contribution < -0.4 is 10.6 Å². The summed E-state index contributed by atoms with van der Waals surface area (Å²) >= 11 is 0. The molecule has 33 heavy (non-hydrogen) atoms. The molecule has 1 atom stereocenters. The van der Waals surface area contributed by atoms with E-state index in [4.69, 9.17) is 0 Å². The van der Waals surface area contributed by atoms with Crippen LogP contribution in [0, 0.1) is 28.4 Å². The maximum Gasteiger partial charge on any atom is 0.257 e. The van der Waals surface area contributed by atoms with Gasteiger partial charge in [-0.25, -0.2) is 8.78 Å². The first-order valence-corrected chi connectivity index (χ1v) is 11.3. The molecule has 2 amide bonds. The topological polar surface area (TPSA) is 97.6 Å². The van der Waals surface area contributed by atoms with E-state index in [1.807, 2.05) is 20.8 Å². The Morgan fingerprint density at radius 2 is 1.88 bits per heavy atom. The number of nitriles is 1. The summed E-state index contributed by atoms with van der Waals surface area (Å²) in [6.07, 6.45) is 2.38. The van der Waals surface area contributed by atoms with Gasteiger partial charge >= 0.3 is 0 Å². The lowest BCUT2D eigenvalue weighted by molar-refractivity contribution is -0.124. The van der Waals surface area contributed by atoms with Crippen LogP contribution in [-0.2, 0) is 4.79 Å². The number of hydrogen-bond acceptors (Lipinski definition) is 5. The Morgan fingerprint density at radius 1 is 1.27 bits per heavy atom. The van der Waals surface area contributed by atoms with Gasteiger partial charge in [-0.15, -0.1) is 0 Å². The Hall–Kier alpha value is -2.86. The molecule has 7 nitrogen and oxygen atoms in total. The molecule has 2 N–H and O–H groups in total. The van der Waals surface area contributed by atoms with Crippen molar-refractivity contribution in [3.63, 3.8) is 0 Å². The van der Waals surface area contributed by atoms with E-state index >= 15 is 0 Å². The summed E-state index contributed by atoms with van der Waals surface area (Å²) in [7, 11) is 0. The lowest BCUT2D eigenvalue weighted by atomic mass is 9.85. The molecule has 1 saturated heterocycles. The number of nitrogens with one attached hydrogen (secondary N) is 2. The average Bonchev–Trinajstić information content (AvgIpc) is 3.03. The Balaban J connectivity index is 1.87. The number of fused-ring (bicyclic) bond motifs is 1. The molecule has 0 spiro atoms. The molecule has 1 aromatic carbocycles. The number of halogens is 2. The van der Waals surface area contributed by atoms with E-state index in [1.165, 1.54) is 0 Å². The summed E-state index contributed by atoms with van der Waals surface area (Å²) in [5, 5.41) is 15.3. The van der Waals surface area contributed by atoms with Gasteiger partial charge in [0.05, 0.1) is 11.6 Å². The second-order valence-electron chi connectivity index (χ2n) is 10.0. The minimum atomic E-state index is -1.13. The number of piperidine rings is 1. The van der Waals surface area contributed by atoms with Gasteiger partial charge in [0.2, 0.25) is 5.91 Å². The molecule has 9 heteroatoms. The average molecular weight is 460 g/mol. The first kappa shape index (κ1) is 24.8. The van der Waals surface area contributed by atoms with Crippen LogP contribution in [0.1, 0.15) is 69.3 Å². The van der Waals surface area contributed by atoms with E-state index in [-0.39, 0.29) is 22.4 Å². The fraction of sp³-hybridized carbons (Fsp3) is 0.583. The molecule has 178 valence electrons. The van der Waals surface area contributed by atoms with Crippen LogP contribution in [0.3, 0.4) is 0 Å². The fourth-order valence-electron chi connectivity index (χ4n) is 4.27. The van der Waals surface area contributed by atoms with Crippen molar-refractivity contribution in [1.82, 2.24) is 15.5 Å². The molecular formula is C24H31F2N5O2. The molecule has 3 rings (SSSR count). The van der Waals surface area contributed by atoms with Crippen LogP contribution in [-0.4, -0.2) is 53.8 Å². The summed E-state index contributed by atoms with van der Waals surface area (Å²) in [4.78, 5) is 32.3. The zero-order valence-electron chi connectivity index (χ0n) is 19.6. The normalized spacial score (nSPS) is 20.2. The number of carbonyl (C=O) groups excluding carboxylic acids is 2. The molecule has 0 aliphatic carbocycles. The van der Waals surface area contributed by atoms with Crippen molar-refractivity contribution in [1.29, 1.82) is 5.26 Å². The standard InChI is InChI=1S/C24H31F2N5O2/c1-5-8-31-9-6-24(14-27,7-10-31)30-22(33)19(13-23(2,3)4)28-20-15-11-17(25)18(26)12-16(15)21(32)29-20/h11-12,19H,5-10,13H2,1-4H3,(H,30,33)(H,28,29,32)/t19-/m0/s1. The van der Waals surface area contributed by atoms with Gasteiger partial charge < -0.3 is 15.5 Å². The van der Waals surface area contributed by atoms with E-state index in [9.17, 15) is 23.6 Å². The van der Waals surface area contributed by atoms with Crippen molar-refractivity contribution in [2.75, 3.05) is 19.6 Å². The highest BCUT2D eigenvalue weighted by molar-refractivity contribution is 6.23. The molecule has 1 aromatic rings. The van der Waals surface area contributed by atoms with E-state index in [2.05, 4.69) is 33.5 Å². The summed E-state index contributed by atoms with van der Waals surface area (Å²) in [5.41, 5.74) is -1.19. The SMILES string of the molecule is CCCN1CCC(C#N)(NC(=O)[C@H](CC(C)(C)C)N=C2NC(=O)c3cc(F)c(F)cc32)CC1. The highest BCUT2D eigenvalue weighted by Gasteiger charge is 2.39. The quantitative estimate of drug-likeness (QED) is 0.683. The predicted octanol–water partition coefficient (Wildman–Crippen LogP) is 3.14. The molecule has 2 aliphatic rings. The minimum absolute atomic E-state index is 0.0284. The van der Waals surface area contributed by atoms with Gasteiger partial charge in [-0.3, -0.25) is 14.6 Å². The van der Waals surface area contributed by atoms with E-state index < -0.39 is 35.0 Å². The summed E-state index contributed by atoms with van der Waals surface area (Å²) < 4.78 is 27.5. The molecule has 0 radical (unpaired) electrons. The van der Waals surface area contributed by atoms with Crippen LogP contribution in [0.5, 0.6) is 0 Å². The molecule has 0 aromatic heterocycles. The Morgan fingerprint density at radius 3 is 2.42 bits per heavy atom. The van der Waals surface area contributed by atoms with Gasteiger partial charge in [-0.2, -0.15) is 5.26 Å². The van der Waals surface area contributed by atoms with Crippen LogP contribution in [0.4, 0.5) is 8.78 Å². The van der Waals surface area contributed by atoms with Crippen molar-refractivity contribution in [2.24, 2.45) is 10.4 Å². The van der Waals surface area contributed by atoms with E-state index in [1.54, 1.807) is 0 Å². The van der Waals surface area contributed by atoms with Crippen LogP contribution in [0.2, 0.25) is 0 Å². The molecule has 1 fully saturated rings. The number of benzene rings is 1. The molecular weight excluding hydrogens is 428 g/mol. The monoisotopic (exact) mass is 459 g/mol. The number of hydrogen-bond donors (Lipinski definition) is 2. The summed E-state index contributed by atoms with van der Waals surface area (Å²) in [6.45, 7) is 10.3. The molecule has 2 aliphatic heterocycles. The fourth-order valence-corrected chi connectivity index (χ4v) is 4.27. The van der Waals surface area contributed by atoms with Gasteiger partial charge in [-0.05, 0) is 49.8 Å². The van der Waals surface area contributed by atoms with Crippen molar-refractivity contribution < 1.29 is 18.4 Å². The third-order valence-electron chi connectivity index (χ3n) is 6.01. The predicted molar refractivity (Wildman–Crippen MR) is 121 cm³/mol. The van der Waals surface area contributed by atoms with E-state index in [0.717, 1.165) is 25.1 Å². The lowest BCUT2D eigenvalue weighted by Gasteiger charge is -2.38. The smallest absolute Gasteiger partial charge is 0.257 e. The van der Waals surface area contributed by atoms with E-state index in [0.29, 0.717) is 32.4 Å². The summed E-state index contributed by atoms with van der Waals surface area (Å²) in [5.74, 6) is -3.22. The Kier molecular flexibility index (Phi) is 7.17. The van der Waals surface area contributed by atoms with Crippen molar-refractivity contribution >= 4 is 17.6 Å². The maximum atomic E-state index is 13.8. The first-order chi connectivity index (χ1) is 15.5. The molecule has 0 bridgehead atoms. The molecule has 0 saturated carbocycles. The van der Waals surface area contributed by atoms with Gasteiger partial charge in [-0.1, -0.05) is 27.7 Å². The Bertz CT molecular complexity index is 1000. The minimum Gasteiger partial charge on any atom is -0.336 e. The zero-order chi connectivity index (χ0) is 24.4. The third-order valence-corrected chi connectivity index (χ3v) is 6.01. The van der Waals surface area contributed by atoms with Crippen molar-refractivity contribution in [3.05, 3.63) is 34.9 Å².